The first-order chi connectivity index (χ1) is 14.2. The Morgan fingerprint density at radius 1 is 0.967 bits per heavy atom. The van der Waals surface area contributed by atoms with Crippen LogP contribution in [0.1, 0.15) is 37.7 Å². The average molecular weight is 440 g/mol. The van der Waals surface area contributed by atoms with Crippen molar-refractivity contribution in [2.45, 2.75) is 42.4 Å². The van der Waals surface area contributed by atoms with E-state index in [-0.39, 0.29) is 30.1 Å². The quantitative estimate of drug-likeness (QED) is 0.661. The van der Waals surface area contributed by atoms with E-state index in [1.165, 1.54) is 12.1 Å². The summed E-state index contributed by atoms with van der Waals surface area (Å²) < 4.78 is 66.0. The molecule has 162 valence electrons. The minimum absolute atomic E-state index is 0.109. The third kappa shape index (κ3) is 5.20. The number of hydrogen-bond donors (Lipinski definition) is 2. The van der Waals surface area contributed by atoms with Crippen molar-refractivity contribution in [3.63, 3.8) is 0 Å². The molecule has 0 radical (unpaired) electrons. The molecule has 2 aromatic carbocycles. The van der Waals surface area contributed by atoms with Crippen molar-refractivity contribution < 1.29 is 26.4 Å². The van der Waals surface area contributed by atoms with Gasteiger partial charge in [0.1, 0.15) is 5.82 Å². The summed E-state index contributed by atoms with van der Waals surface area (Å²) in [5.41, 5.74) is 0.717. The molecule has 0 atom stereocenters. The molecule has 0 spiro atoms. The lowest BCUT2D eigenvalue weighted by Gasteiger charge is -2.30. The maximum Gasteiger partial charge on any atom is 0.240 e. The predicted molar refractivity (Wildman–Crippen MR) is 106 cm³/mol. The highest BCUT2D eigenvalue weighted by Crippen LogP contribution is 2.40. The SMILES string of the molecule is O=C(CCNS(=O)(=O)c1ccc(F)c(F)c1)NCC1(c2ccc(F)cc2)CCCC1. The zero-order valence-corrected chi connectivity index (χ0v) is 17.1. The van der Waals surface area contributed by atoms with Gasteiger partial charge in [-0.1, -0.05) is 25.0 Å². The number of carbonyl (C=O) groups is 1. The number of amides is 1. The first-order valence-electron chi connectivity index (χ1n) is 9.69. The van der Waals surface area contributed by atoms with Crippen LogP contribution in [0.15, 0.2) is 47.4 Å². The Bertz CT molecular complexity index is 1000. The second-order valence-electron chi connectivity index (χ2n) is 7.49. The Kier molecular flexibility index (Phi) is 6.82. The van der Waals surface area contributed by atoms with E-state index < -0.39 is 26.6 Å². The third-order valence-corrected chi connectivity index (χ3v) is 6.95. The van der Waals surface area contributed by atoms with Crippen molar-refractivity contribution in [2.75, 3.05) is 13.1 Å². The number of benzene rings is 2. The Balaban J connectivity index is 1.54. The Morgan fingerprint density at radius 3 is 2.27 bits per heavy atom. The first kappa shape index (κ1) is 22.3. The molecule has 0 saturated heterocycles. The summed E-state index contributed by atoms with van der Waals surface area (Å²) in [6, 6.07) is 8.56. The van der Waals surface area contributed by atoms with Gasteiger partial charge in [-0.3, -0.25) is 4.79 Å². The van der Waals surface area contributed by atoms with Crippen LogP contribution in [0.5, 0.6) is 0 Å². The molecule has 1 amide bonds. The van der Waals surface area contributed by atoms with Gasteiger partial charge < -0.3 is 5.32 Å². The molecule has 5 nitrogen and oxygen atoms in total. The van der Waals surface area contributed by atoms with Crippen LogP contribution in [0.4, 0.5) is 13.2 Å². The van der Waals surface area contributed by atoms with Gasteiger partial charge in [-0.25, -0.2) is 26.3 Å². The molecule has 0 aliphatic heterocycles. The molecule has 1 aliphatic carbocycles. The summed E-state index contributed by atoms with van der Waals surface area (Å²) in [6.07, 6.45) is 3.67. The summed E-state index contributed by atoms with van der Waals surface area (Å²) in [5, 5.41) is 2.84. The van der Waals surface area contributed by atoms with Gasteiger partial charge in [-0.2, -0.15) is 0 Å². The van der Waals surface area contributed by atoms with Crippen molar-refractivity contribution in [1.82, 2.24) is 10.0 Å². The van der Waals surface area contributed by atoms with Crippen LogP contribution in [0, 0.1) is 17.5 Å². The van der Waals surface area contributed by atoms with E-state index in [9.17, 15) is 26.4 Å². The van der Waals surface area contributed by atoms with Gasteiger partial charge in [-0.05, 0) is 48.7 Å². The van der Waals surface area contributed by atoms with Crippen molar-refractivity contribution in [2.24, 2.45) is 0 Å². The predicted octanol–water partition coefficient (Wildman–Crippen LogP) is 3.40. The van der Waals surface area contributed by atoms with E-state index >= 15 is 0 Å². The largest absolute Gasteiger partial charge is 0.355 e. The zero-order valence-electron chi connectivity index (χ0n) is 16.3. The number of halogens is 3. The molecular weight excluding hydrogens is 417 g/mol. The first-order valence-corrected chi connectivity index (χ1v) is 11.2. The maximum atomic E-state index is 13.3. The molecule has 3 rings (SSSR count). The fourth-order valence-electron chi connectivity index (χ4n) is 3.81. The van der Waals surface area contributed by atoms with E-state index in [2.05, 4.69) is 10.0 Å². The van der Waals surface area contributed by atoms with Gasteiger partial charge in [-0.15, -0.1) is 0 Å². The highest BCUT2D eigenvalue weighted by Gasteiger charge is 2.35. The number of sulfonamides is 1. The molecule has 0 unspecified atom stereocenters. The molecule has 0 aromatic heterocycles. The second kappa shape index (κ2) is 9.18. The van der Waals surface area contributed by atoms with Crippen molar-refractivity contribution in [3.8, 4) is 0 Å². The normalized spacial score (nSPS) is 15.8. The van der Waals surface area contributed by atoms with Gasteiger partial charge in [0.2, 0.25) is 15.9 Å². The van der Waals surface area contributed by atoms with Crippen LogP contribution in [0.25, 0.3) is 0 Å². The van der Waals surface area contributed by atoms with Crippen LogP contribution in [0.2, 0.25) is 0 Å². The van der Waals surface area contributed by atoms with Crippen molar-refractivity contribution in [3.05, 3.63) is 65.5 Å². The molecule has 1 aliphatic rings. The summed E-state index contributed by atoms with van der Waals surface area (Å²) >= 11 is 0. The van der Waals surface area contributed by atoms with Gasteiger partial charge in [0, 0.05) is 24.9 Å². The van der Waals surface area contributed by atoms with E-state index in [0.29, 0.717) is 12.6 Å². The molecule has 9 heteroatoms. The number of carbonyl (C=O) groups excluding carboxylic acids is 1. The smallest absolute Gasteiger partial charge is 0.240 e. The van der Waals surface area contributed by atoms with E-state index in [0.717, 1.165) is 43.4 Å². The fraction of sp³-hybridized carbons (Fsp3) is 0.381. The second-order valence-corrected chi connectivity index (χ2v) is 9.26. The van der Waals surface area contributed by atoms with E-state index in [1.807, 2.05) is 0 Å². The minimum Gasteiger partial charge on any atom is -0.355 e. The maximum absolute atomic E-state index is 13.3. The molecule has 0 bridgehead atoms. The molecule has 2 N–H and O–H groups in total. The fourth-order valence-corrected chi connectivity index (χ4v) is 4.85. The van der Waals surface area contributed by atoms with E-state index in [4.69, 9.17) is 0 Å². The van der Waals surface area contributed by atoms with Crippen LogP contribution < -0.4 is 10.0 Å². The minimum atomic E-state index is -4.06. The molecule has 0 heterocycles. The van der Waals surface area contributed by atoms with Crippen molar-refractivity contribution in [1.29, 1.82) is 0 Å². The van der Waals surface area contributed by atoms with Gasteiger partial charge in [0.25, 0.3) is 0 Å². The zero-order chi connectivity index (χ0) is 21.8. The molecular formula is C21H23F3N2O3S. The molecule has 2 aromatic rings. The Labute approximate surface area is 173 Å². The van der Waals surface area contributed by atoms with Gasteiger partial charge in [0.15, 0.2) is 11.6 Å². The highest BCUT2D eigenvalue weighted by molar-refractivity contribution is 7.89. The Hall–Kier alpha value is -2.39. The summed E-state index contributed by atoms with van der Waals surface area (Å²) in [5.74, 6) is -3.06. The standard InChI is InChI=1S/C21H23F3N2O3S/c22-16-5-3-15(4-6-16)21(10-1-2-11-21)14-25-20(27)9-12-26-30(28,29)17-7-8-18(23)19(24)13-17/h3-8,13,26H,1-2,9-12,14H2,(H,25,27). The van der Waals surface area contributed by atoms with E-state index in [1.54, 1.807) is 12.1 Å². The summed E-state index contributed by atoms with van der Waals surface area (Å²) in [6.45, 7) is 0.199. The monoisotopic (exact) mass is 440 g/mol. The lowest BCUT2D eigenvalue weighted by molar-refractivity contribution is -0.121. The molecule has 1 fully saturated rings. The Morgan fingerprint density at radius 2 is 1.63 bits per heavy atom. The number of hydrogen-bond acceptors (Lipinski definition) is 3. The van der Waals surface area contributed by atoms with Gasteiger partial charge >= 0.3 is 0 Å². The molecule has 1 saturated carbocycles. The average Bonchev–Trinajstić information content (AvgIpc) is 3.19. The highest BCUT2D eigenvalue weighted by atomic mass is 32.2. The topological polar surface area (TPSA) is 75.3 Å². The van der Waals surface area contributed by atoms with Crippen molar-refractivity contribution >= 4 is 15.9 Å². The lowest BCUT2D eigenvalue weighted by atomic mass is 9.79. The van der Waals surface area contributed by atoms with Crippen LogP contribution in [0.3, 0.4) is 0 Å². The summed E-state index contributed by atoms with van der Waals surface area (Å²) in [7, 11) is -4.06. The number of rotatable bonds is 8. The van der Waals surface area contributed by atoms with Crippen LogP contribution in [-0.4, -0.2) is 27.4 Å². The lowest BCUT2D eigenvalue weighted by Crippen LogP contribution is -2.40. The van der Waals surface area contributed by atoms with Gasteiger partial charge in [0.05, 0.1) is 4.90 Å². The van der Waals surface area contributed by atoms with Crippen LogP contribution in [-0.2, 0) is 20.2 Å². The third-order valence-electron chi connectivity index (χ3n) is 5.49. The van der Waals surface area contributed by atoms with Crippen LogP contribution >= 0.6 is 0 Å². The number of nitrogens with one attached hydrogen (secondary N) is 2. The molecule has 30 heavy (non-hydrogen) atoms. The summed E-state index contributed by atoms with van der Waals surface area (Å²) in [4.78, 5) is 11.8.